The summed E-state index contributed by atoms with van der Waals surface area (Å²) in [4.78, 5) is 0. The largest absolute Gasteiger partial charge is 0.394 e. The van der Waals surface area contributed by atoms with Crippen LogP contribution in [0.25, 0.3) is 0 Å². The first kappa shape index (κ1) is 11.5. The minimum Gasteiger partial charge on any atom is -0.394 e. The lowest BCUT2D eigenvalue weighted by atomic mass is 9.78. The molecular weight excluding hydrogens is 178 g/mol. The van der Waals surface area contributed by atoms with Gasteiger partial charge in [-0.15, -0.1) is 0 Å². The van der Waals surface area contributed by atoms with Gasteiger partial charge in [-0.25, -0.2) is 0 Å². The zero-order valence-corrected chi connectivity index (χ0v) is 8.83. The van der Waals surface area contributed by atoms with Crippen LogP contribution in [0.5, 0.6) is 0 Å². The number of ether oxygens (including phenoxy) is 1. The maximum atomic E-state index is 9.11. The lowest BCUT2D eigenvalue weighted by Crippen LogP contribution is -2.38. The van der Waals surface area contributed by atoms with E-state index < -0.39 is 5.60 Å². The highest BCUT2D eigenvalue weighted by Gasteiger charge is 2.35. The zero-order chi connectivity index (χ0) is 10.4. The Morgan fingerprint density at radius 1 is 1.43 bits per heavy atom. The molecule has 14 heavy (non-hydrogen) atoms. The molecule has 0 amide bonds. The van der Waals surface area contributed by atoms with Gasteiger partial charge in [0.2, 0.25) is 0 Å². The van der Waals surface area contributed by atoms with Crippen molar-refractivity contribution in [3.05, 3.63) is 0 Å². The van der Waals surface area contributed by atoms with E-state index in [-0.39, 0.29) is 13.2 Å². The third-order valence-corrected chi connectivity index (χ3v) is 3.10. The third kappa shape index (κ3) is 2.70. The van der Waals surface area contributed by atoms with Crippen molar-refractivity contribution in [2.75, 3.05) is 13.2 Å². The molecule has 1 aliphatic carbocycles. The molecule has 0 aliphatic heterocycles. The first-order valence-electron chi connectivity index (χ1n) is 5.39. The molecule has 0 aromatic heterocycles. The number of nitriles is 1. The summed E-state index contributed by atoms with van der Waals surface area (Å²) in [7, 11) is 0. The van der Waals surface area contributed by atoms with Crippen molar-refractivity contribution in [1.82, 2.24) is 0 Å². The number of hydrogen-bond acceptors (Lipinski definition) is 3. The molecule has 1 aliphatic rings. The molecule has 80 valence electrons. The second-order valence-corrected chi connectivity index (χ2v) is 4.13. The Morgan fingerprint density at radius 2 is 2.07 bits per heavy atom. The van der Waals surface area contributed by atoms with Crippen LogP contribution < -0.4 is 0 Å². The summed E-state index contributed by atoms with van der Waals surface area (Å²) in [5.74, 6) is 0.341. The second-order valence-electron chi connectivity index (χ2n) is 4.13. The van der Waals surface area contributed by atoms with Gasteiger partial charge in [-0.2, -0.15) is 5.26 Å². The standard InChI is InChI=1S/C11H19NO2/c1-11(9-12,14-8-7-13)10-5-3-2-4-6-10/h10,13H,2-8H2,1H3. The average Bonchev–Trinajstić information content (AvgIpc) is 2.27. The van der Waals surface area contributed by atoms with E-state index in [9.17, 15) is 0 Å². The van der Waals surface area contributed by atoms with Gasteiger partial charge in [0.15, 0.2) is 5.60 Å². The van der Waals surface area contributed by atoms with Crippen molar-refractivity contribution in [3.8, 4) is 6.07 Å². The first-order chi connectivity index (χ1) is 6.73. The van der Waals surface area contributed by atoms with E-state index in [1.54, 1.807) is 0 Å². The third-order valence-electron chi connectivity index (χ3n) is 3.10. The van der Waals surface area contributed by atoms with Gasteiger partial charge in [0.05, 0.1) is 19.3 Å². The summed E-state index contributed by atoms with van der Waals surface area (Å²) in [5.41, 5.74) is -0.691. The van der Waals surface area contributed by atoms with Crippen LogP contribution >= 0.6 is 0 Å². The van der Waals surface area contributed by atoms with E-state index in [2.05, 4.69) is 6.07 Å². The predicted molar refractivity (Wildman–Crippen MR) is 53.6 cm³/mol. The SMILES string of the molecule is CC(C#N)(OCCO)C1CCCCC1. The Kier molecular flexibility index (Phi) is 4.37. The lowest BCUT2D eigenvalue weighted by Gasteiger charge is -2.34. The summed E-state index contributed by atoms with van der Waals surface area (Å²) in [5, 5.41) is 17.8. The van der Waals surface area contributed by atoms with Gasteiger partial charge in [-0.1, -0.05) is 19.3 Å². The quantitative estimate of drug-likeness (QED) is 0.748. The summed E-state index contributed by atoms with van der Waals surface area (Å²) in [6.07, 6.45) is 5.83. The Morgan fingerprint density at radius 3 is 2.57 bits per heavy atom. The molecule has 0 radical (unpaired) electrons. The Hall–Kier alpha value is -0.590. The summed E-state index contributed by atoms with van der Waals surface area (Å²) >= 11 is 0. The van der Waals surface area contributed by atoms with Crippen LogP contribution in [0.4, 0.5) is 0 Å². The van der Waals surface area contributed by atoms with Crippen molar-refractivity contribution in [2.24, 2.45) is 5.92 Å². The van der Waals surface area contributed by atoms with Gasteiger partial charge in [-0.3, -0.25) is 0 Å². The van der Waals surface area contributed by atoms with Gasteiger partial charge in [0, 0.05) is 5.92 Å². The van der Waals surface area contributed by atoms with Crippen LogP contribution in [0.2, 0.25) is 0 Å². The fraction of sp³-hybridized carbons (Fsp3) is 0.909. The van der Waals surface area contributed by atoms with E-state index in [0.29, 0.717) is 5.92 Å². The smallest absolute Gasteiger partial charge is 0.154 e. The molecule has 0 spiro atoms. The van der Waals surface area contributed by atoms with Gasteiger partial charge in [0.25, 0.3) is 0 Å². The van der Waals surface area contributed by atoms with E-state index in [0.717, 1.165) is 12.8 Å². The zero-order valence-electron chi connectivity index (χ0n) is 8.83. The Labute approximate surface area is 85.7 Å². The number of hydrogen-bond donors (Lipinski definition) is 1. The molecule has 0 aromatic carbocycles. The predicted octanol–water partition coefficient (Wildman–Crippen LogP) is 1.86. The molecule has 0 aromatic rings. The average molecular weight is 197 g/mol. The summed E-state index contributed by atoms with van der Waals surface area (Å²) in [6, 6.07) is 2.25. The molecule has 1 unspecified atom stereocenters. The number of aliphatic hydroxyl groups excluding tert-OH is 1. The molecule has 1 saturated carbocycles. The second kappa shape index (κ2) is 5.33. The Balaban J connectivity index is 2.53. The Bertz CT molecular complexity index is 206. The van der Waals surface area contributed by atoms with Crippen molar-refractivity contribution >= 4 is 0 Å². The van der Waals surface area contributed by atoms with Crippen LogP contribution in [0.15, 0.2) is 0 Å². The van der Waals surface area contributed by atoms with Gasteiger partial charge in [-0.05, 0) is 19.8 Å². The van der Waals surface area contributed by atoms with Crippen molar-refractivity contribution in [1.29, 1.82) is 5.26 Å². The normalized spacial score (nSPS) is 22.6. The monoisotopic (exact) mass is 197 g/mol. The molecule has 3 heteroatoms. The number of rotatable bonds is 4. The number of aliphatic hydroxyl groups is 1. The van der Waals surface area contributed by atoms with Crippen LogP contribution in [0.1, 0.15) is 39.0 Å². The molecule has 1 N–H and O–H groups in total. The van der Waals surface area contributed by atoms with Crippen LogP contribution in [0, 0.1) is 17.2 Å². The van der Waals surface area contributed by atoms with Crippen LogP contribution in [-0.4, -0.2) is 23.9 Å². The number of nitrogens with zero attached hydrogens (tertiary/aromatic N) is 1. The highest BCUT2D eigenvalue weighted by Crippen LogP contribution is 2.34. The fourth-order valence-corrected chi connectivity index (χ4v) is 2.15. The molecule has 0 heterocycles. The van der Waals surface area contributed by atoms with Crippen molar-refractivity contribution in [2.45, 2.75) is 44.6 Å². The topological polar surface area (TPSA) is 53.2 Å². The minimum absolute atomic E-state index is 0.00993. The van der Waals surface area contributed by atoms with Crippen LogP contribution in [0.3, 0.4) is 0 Å². The first-order valence-corrected chi connectivity index (χ1v) is 5.39. The van der Waals surface area contributed by atoms with Gasteiger partial charge in [0.1, 0.15) is 0 Å². The van der Waals surface area contributed by atoms with E-state index in [1.165, 1.54) is 19.3 Å². The molecule has 1 fully saturated rings. The van der Waals surface area contributed by atoms with E-state index in [1.807, 2.05) is 6.92 Å². The van der Waals surface area contributed by atoms with Gasteiger partial charge >= 0.3 is 0 Å². The highest BCUT2D eigenvalue weighted by atomic mass is 16.5. The molecule has 1 atom stereocenters. The molecule has 0 saturated heterocycles. The lowest BCUT2D eigenvalue weighted by molar-refractivity contribution is -0.0538. The van der Waals surface area contributed by atoms with Gasteiger partial charge < -0.3 is 9.84 Å². The van der Waals surface area contributed by atoms with Crippen molar-refractivity contribution in [3.63, 3.8) is 0 Å². The maximum Gasteiger partial charge on any atom is 0.154 e. The molecule has 3 nitrogen and oxygen atoms in total. The molecule has 1 rings (SSSR count). The van der Waals surface area contributed by atoms with E-state index in [4.69, 9.17) is 15.1 Å². The van der Waals surface area contributed by atoms with Crippen molar-refractivity contribution < 1.29 is 9.84 Å². The summed E-state index contributed by atoms with van der Waals surface area (Å²) in [6.45, 7) is 2.10. The maximum absolute atomic E-state index is 9.11. The van der Waals surface area contributed by atoms with Crippen LogP contribution in [-0.2, 0) is 4.74 Å². The molecule has 0 bridgehead atoms. The fourth-order valence-electron chi connectivity index (χ4n) is 2.15. The van der Waals surface area contributed by atoms with E-state index >= 15 is 0 Å². The molecular formula is C11H19NO2. The highest BCUT2D eigenvalue weighted by molar-refractivity contribution is 5.03. The summed E-state index contributed by atoms with van der Waals surface area (Å²) < 4.78 is 5.46. The minimum atomic E-state index is -0.691.